The minimum absolute atomic E-state index is 0.103. The van der Waals surface area contributed by atoms with E-state index in [4.69, 9.17) is 5.11 Å². The summed E-state index contributed by atoms with van der Waals surface area (Å²) in [6, 6.07) is -0.852. The molecule has 0 fully saturated rings. The molecule has 7 nitrogen and oxygen atoms in total. The molecule has 1 aliphatic rings. The zero-order valence-electron chi connectivity index (χ0n) is 15.2. The standard InChI is InChI=1S/C18H23N3O4S2/c1-2-5-11(18(24)25)19-14(22)9-26-8-13-20-16(23)15-10-6-3-4-7-12(10)27-17(15)21-13/h11H,2-9H2,1H3,(H,19,22)(H,24,25)(H,20,21,23). The molecule has 0 saturated carbocycles. The highest BCUT2D eigenvalue weighted by atomic mass is 32.2. The molecule has 0 aliphatic heterocycles. The van der Waals surface area contributed by atoms with E-state index in [0.29, 0.717) is 24.4 Å². The Morgan fingerprint density at radius 2 is 2.15 bits per heavy atom. The molecule has 2 aromatic rings. The van der Waals surface area contributed by atoms with Crippen LogP contribution in [-0.4, -0.2) is 38.7 Å². The number of aliphatic carboxylic acids is 1. The van der Waals surface area contributed by atoms with E-state index >= 15 is 0 Å². The fourth-order valence-electron chi connectivity index (χ4n) is 3.30. The predicted octanol–water partition coefficient (Wildman–Crippen LogP) is 2.47. The lowest BCUT2D eigenvalue weighted by atomic mass is 9.97. The van der Waals surface area contributed by atoms with E-state index in [2.05, 4.69) is 15.3 Å². The monoisotopic (exact) mass is 409 g/mol. The maximum absolute atomic E-state index is 12.5. The van der Waals surface area contributed by atoms with Crippen LogP contribution in [0.2, 0.25) is 0 Å². The van der Waals surface area contributed by atoms with Crippen molar-refractivity contribution in [2.45, 2.75) is 57.2 Å². The molecule has 27 heavy (non-hydrogen) atoms. The Morgan fingerprint density at radius 3 is 2.89 bits per heavy atom. The molecule has 2 heterocycles. The Hall–Kier alpha value is -1.87. The zero-order valence-corrected chi connectivity index (χ0v) is 16.8. The summed E-state index contributed by atoms with van der Waals surface area (Å²) < 4.78 is 0. The molecular weight excluding hydrogens is 386 g/mol. The number of carbonyl (C=O) groups is 2. The van der Waals surface area contributed by atoms with Crippen LogP contribution in [0, 0.1) is 0 Å². The van der Waals surface area contributed by atoms with Crippen molar-refractivity contribution < 1.29 is 14.7 Å². The average Bonchev–Trinajstić information content (AvgIpc) is 3.00. The van der Waals surface area contributed by atoms with Crippen molar-refractivity contribution in [3.05, 3.63) is 26.6 Å². The van der Waals surface area contributed by atoms with E-state index in [0.717, 1.165) is 41.5 Å². The fourth-order valence-corrected chi connectivity index (χ4v) is 5.28. The first-order valence-electron chi connectivity index (χ1n) is 9.13. The molecule has 0 bridgehead atoms. The van der Waals surface area contributed by atoms with Gasteiger partial charge in [0, 0.05) is 4.88 Å². The highest BCUT2D eigenvalue weighted by molar-refractivity contribution is 7.99. The van der Waals surface area contributed by atoms with Crippen molar-refractivity contribution in [1.82, 2.24) is 15.3 Å². The first kappa shape index (κ1) is 19.9. The lowest BCUT2D eigenvalue weighted by Crippen LogP contribution is -2.41. The van der Waals surface area contributed by atoms with Gasteiger partial charge in [-0.1, -0.05) is 13.3 Å². The van der Waals surface area contributed by atoms with Crippen LogP contribution < -0.4 is 10.9 Å². The van der Waals surface area contributed by atoms with E-state index in [1.807, 2.05) is 6.92 Å². The number of aromatic amines is 1. The summed E-state index contributed by atoms with van der Waals surface area (Å²) in [7, 11) is 0. The lowest BCUT2D eigenvalue weighted by Gasteiger charge is -2.13. The number of thiophene rings is 1. The highest BCUT2D eigenvalue weighted by Gasteiger charge is 2.20. The summed E-state index contributed by atoms with van der Waals surface area (Å²) in [6.45, 7) is 1.87. The minimum Gasteiger partial charge on any atom is -0.480 e. The van der Waals surface area contributed by atoms with Gasteiger partial charge >= 0.3 is 5.97 Å². The third kappa shape index (κ3) is 4.70. The summed E-state index contributed by atoms with van der Waals surface area (Å²) >= 11 is 2.91. The number of aromatic nitrogens is 2. The van der Waals surface area contributed by atoms with Crippen molar-refractivity contribution >= 4 is 45.2 Å². The van der Waals surface area contributed by atoms with Crippen molar-refractivity contribution in [2.24, 2.45) is 0 Å². The quantitative estimate of drug-likeness (QED) is 0.617. The number of H-pyrrole nitrogens is 1. The summed E-state index contributed by atoms with van der Waals surface area (Å²) in [4.78, 5) is 45.0. The summed E-state index contributed by atoms with van der Waals surface area (Å²) in [6.07, 6.45) is 5.31. The van der Waals surface area contributed by atoms with Gasteiger partial charge < -0.3 is 15.4 Å². The van der Waals surface area contributed by atoms with Crippen LogP contribution in [0.25, 0.3) is 10.2 Å². The minimum atomic E-state index is -1.02. The number of nitrogens with one attached hydrogen (secondary N) is 2. The predicted molar refractivity (Wildman–Crippen MR) is 108 cm³/mol. The third-order valence-electron chi connectivity index (χ3n) is 4.56. The number of fused-ring (bicyclic) bond motifs is 3. The maximum atomic E-state index is 12.5. The number of thioether (sulfide) groups is 1. The van der Waals surface area contributed by atoms with Gasteiger partial charge in [0.15, 0.2) is 0 Å². The number of carboxylic acids is 1. The zero-order chi connectivity index (χ0) is 19.4. The molecule has 0 radical (unpaired) electrons. The van der Waals surface area contributed by atoms with Crippen LogP contribution >= 0.6 is 23.1 Å². The normalized spacial score (nSPS) is 14.7. The van der Waals surface area contributed by atoms with Gasteiger partial charge in [-0.3, -0.25) is 9.59 Å². The Morgan fingerprint density at radius 1 is 1.37 bits per heavy atom. The van der Waals surface area contributed by atoms with Gasteiger partial charge in [0.1, 0.15) is 16.7 Å². The Kier molecular flexibility index (Phi) is 6.54. The van der Waals surface area contributed by atoms with Crippen LogP contribution in [0.5, 0.6) is 0 Å². The number of aryl methyl sites for hydroxylation is 2. The van der Waals surface area contributed by atoms with E-state index < -0.39 is 12.0 Å². The molecule has 0 saturated heterocycles. The molecule has 1 aliphatic carbocycles. The summed E-state index contributed by atoms with van der Waals surface area (Å²) in [5.41, 5.74) is 1.05. The van der Waals surface area contributed by atoms with Gasteiger partial charge in [0.2, 0.25) is 5.91 Å². The molecule has 0 aromatic carbocycles. The summed E-state index contributed by atoms with van der Waals surface area (Å²) in [5, 5.41) is 12.3. The third-order valence-corrected chi connectivity index (χ3v) is 6.69. The molecule has 0 spiro atoms. The van der Waals surface area contributed by atoms with Crippen molar-refractivity contribution in [1.29, 1.82) is 0 Å². The number of carboxylic acid groups (broad SMARTS) is 1. The Labute approximate surface area is 165 Å². The molecule has 9 heteroatoms. The highest BCUT2D eigenvalue weighted by Crippen LogP contribution is 2.33. The SMILES string of the molecule is CCCC(NC(=O)CSCc1nc2sc3c(c2c(=O)[nH]1)CCCC3)C(=O)O. The van der Waals surface area contributed by atoms with E-state index in [9.17, 15) is 14.4 Å². The number of rotatable bonds is 8. The largest absolute Gasteiger partial charge is 0.480 e. The molecule has 2 aromatic heterocycles. The molecule has 3 N–H and O–H groups in total. The van der Waals surface area contributed by atoms with Gasteiger partial charge in [0.05, 0.1) is 16.9 Å². The van der Waals surface area contributed by atoms with E-state index in [1.165, 1.54) is 16.6 Å². The van der Waals surface area contributed by atoms with E-state index in [1.54, 1.807) is 11.3 Å². The van der Waals surface area contributed by atoms with Crippen molar-refractivity contribution in [3.8, 4) is 0 Å². The number of amides is 1. The second-order valence-corrected chi connectivity index (χ2v) is 8.71. The molecule has 1 amide bonds. The van der Waals surface area contributed by atoms with Gasteiger partial charge in [-0.15, -0.1) is 23.1 Å². The van der Waals surface area contributed by atoms with Crippen molar-refractivity contribution in [3.63, 3.8) is 0 Å². The van der Waals surface area contributed by atoms with Gasteiger partial charge in [-0.25, -0.2) is 9.78 Å². The number of hydrogen-bond acceptors (Lipinski definition) is 6. The fraction of sp³-hybridized carbons (Fsp3) is 0.556. The molecule has 3 rings (SSSR count). The van der Waals surface area contributed by atoms with Crippen LogP contribution in [0.4, 0.5) is 0 Å². The van der Waals surface area contributed by atoms with Crippen LogP contribution in [-0.2, 0) is 28.2 Å². The maximum Gasteiger partial charge on any atom is 0.326 e. The topological polar surface area (TPSA) is 112 Å². The Balaban J connectivity index is 1.61. The molecule has 1 atom stereocenters. The molecule has 1 unspecified atom stereocenters. The molecule has 146 valence electrons. The van der Waals surface area contributed by atoms with Crippen molar-refractivity contribution in [2.75, 3.05) is 5.75 Å². The second kappa shape index (κ2) is 8.88. The second-order valence-electron chi connectivity index (χ2n) is 6.64. The average molecular weight is 410 g/mol. The Bertz CT molecular complexity index is 906. The first-order valence-corrected chi connectivity index (χ1v) is 11.1. The number of hydrogen-bond donors (Lipinski definition) is 3. The lowest BCUT2D eigenvalue weighted by molar-refractivity contribution is -0.141. The smallest absolute Gasteiger partial charge is 0.326 e. The number of carbonyl (C=O) groups excluding carboxylic acids is 1. The van der Waals surface area contributed by atoms with Gasteiger partial charge in [0.25, 0.3) is 5.56 Å². The first-order chi connectivity index (χ1) is 13.0. The van der Waals surface area contributed by atoms with E-state index in [-0.39, 0.29) is 17.2 Å². The van der Waals surface area contributed by atoms with Crippen LogP contribution in [0.3, 0.4) is 0 Å². The van der Waals surface area contributed by atoms with Crippen LogP contribution in [0.15, 0.2) is 4.79 Å². The molecular formula is C18H23N3O4S2. The van der Waals surface area contributed by atoms with Crippen LogP contribution in [0.1, 0.15) is 48.9 Å². The van der Waals surface area contributed by atoms with Gasteiger partial charge in [-0.05, 0) is 37.7 Å². The number of nitrogens with zero attached hydrogens (tertiary/aromatic N) is 1. The van der Waals surface area contributed by atoms with Gasteiger partial charge in [-0.2, -0.15) is 0 Å². The summed E-state index contributed by atoms with van der Waals surface area (Å²) in [5.74, 6) is -0.278.